The highest BCUT2D eigenvalue weighted by Crippen LogP contribution is 2.48. The number of likely N-dealkylation sites (tertiary alicyclic amines) is 4. The monoisotopic (exact) mass is 422 g/mol. The van der Waals surface area contributed by atoms with Gasteiger partial charge in [-0.25, -0.2) is 0 Å². The smallest absolute Gasteiger partial charge is 0.0820 e. The van der Waals surface area contributed by atoms with Gasteiger partial charge in [0.1, 0.15) is 0 Å². The fourth-order valence-corrected chi connectivity index (χ4v) is 7.02. The molecule has 0 aliphatic carbocycles. The quantitative estimate of drug-likeness (QED) is 0.674. The molecule has 4 saturated heterocycles. The normalized spacial score (nSPS) is 35.3. The molecule has 4 fully saturated rings. The molecule has 0 aromatic heterocycles. The third-order valence-corrected chi connectivity index (χ3v) is 9.28. The van der Waals surface area contributed by atoms with Crippen molar-refractivity contribution in [3.8, 4) is 0 Å². The Balaban J connectivity index is 1.42. The number of hydrogen-bond acceptors (Lipinski definition) is 6. The average molecular weight is 423 g/mol. The Labute approximate surface area is 184 Å². The molecule has 0 radical (unpaired) electrons. The highest BCUT2D eigenvalue weighted by Gasteiger charge is 2.62. The van der Waals surface area contributed by atoms with Crippen LogP contribution in [-0.4, -0.2) is 122 Å². The van der Waals surface area contributed by atoms with Crippen molar-refractivity contribution in [2.75, 3.05) is 67.6 Å². The van der Waals surface area contributed by atoms with Crippen LogP contribution in [0, 0.1) is 5.92 Å². The van der Waals surface area contributed by atoms with Gasteiger partial charge in [-0.3, -0.25) is 19.6 Å². The second-order valence-electron chi connectivity index (χ2n) is 12.3. The molecule has 0 aromatic rings. The lowest BCUT2D eigenvalue weighted by Crippen LogP contribution is -2.76. The molecule has 1 unspecified atom stereocenters. The first-order valence-electron chi connectivity index (χ1n) is 11.9. The van der Waals surface area contributed by atoms with E-state index in [0.29, 0.717) is 18.1 Å². The van der Waals surface area contributed by atoms with Crippen LogP contribution in [0.1, 0.15) is 47.5 Å². The molecule has 2 spiro atoms. The van der Waals surface area contributed by atoms with Crippen LogP contribution in [0.5, 0.6) is 0 Å². The van der Waals surface area contributed by atoms with E-state index in [0.717, 1.165) is 45.7 Å². The summed E-state index contributed by atoms with van der Waals surface area (Å²) in [5.41, 5.74) is 0.820. The molecule has 0 saturated carbocycles. The summed E-state index contributed by atoms with van der Waals surface area (Å²) in [6, 6.07) is 0. The predicted octanol–water partition coefficient (Wildman–Crippen LogP) is 1.99. The molecule has 4 heterocycles. The second-order valence-corrected chi connectivity index (χ2v) is 12.3. The van der Waals surface area contributed by atoms with Crippen molar-refractivity contribution in [3.63, 3.8) is 0 Å². The maximum absolute atomic E-state index is 6.22. The number of nitrogens with zero attached hydrogens (tertiary/aromatic N) is 4. The van der Waals surface area contributed by atoms with Crippen molar-refractivity contribution in [2.45, 2.75) is 81.8 Å². The number of hydrogen-bond donors (Lipinski definition) is 0. The SMILES string of the molecule is CO[C@@H]1CCN(C)C12CN(C(C)(C)CC1CN(C)C3(CN(C(C)(C)C)C3)[C@H]1OC)C2. The van der Waals surface area contributed by atoms with Crippen molar-refractivity contribution < 1.29 is 9.47 Å². The Bertz CT molecular complexity index is 634. The minimum atomic E-state index is 0.175. The van der Waals surface area contributed by atoms with Gasteiger partial charge in [0.2, 0.25) is 0 Å². The molecule has 30 heavy (non-hydrogen) atoms. The lowest BCUT2D eigenvalue weighted by molar-refractivity contribution is -0.140. The van der Waals surface area contributed by atoms with Gasteiger partial charge < -0.3 is 9.47 Å². The minimum absolute atomic E-state index is 0.175. The van der Waals surface area contributed by atoms with Gasteiger partial charge in [-0.05, 0) is 61.6 Å². The zero-order valence-corrected chi connectivity index (χ0v) is 21.0. The predicted molar refractivity (Wildman–Crippen MR) is 122 cm³/mol. The topological polar surface area (TPSA) is 31.4 Å². The van der Waals surface area contributed by atoms with E-state index in [1.807, 2.05) is 14.2 Å². The van der Waals surface area contributed by atoms with Crippen LogP contribution in [0.15, 0.2) is 0 Å². The summed E-state index contributed by atoms with van der Waals surface area (Å²) in [5.74, 6) is 0.577. The van der Waals surface area contributed by atoms with E-state index in [4.69, 9.17) is 9.47 Å². The van der Waals surface area contributed by atoms with Crippen molar-refractivity contribution in [1.82, 2.24) is 19.6 Å². The van der Waals surface area contributed by atoms with Crippen LogP contribution in [0.3, 0.4) is 0 Å². The van der Waals surface area contributed by atoms with Crippen LogP contribution in [-0.2, 0) is 9.47 Å². The Morgan fingerprint density at radius 1 is 0.833 bits per heavy atom. The third-order valence-electron chi connectivity index (χ3n) is 9.28. The molecule has 0 aromatic carbocycles. The van der Waals surface area contributed by atoms with Gasteiger partial charge in [-0.2, -0.15) is 0 Å². The van der Waals surface area contributed by atoms with Gasteiger partial charge in [0.15, 0.2) is 0 Å². The van der Waals surface area contributed by atoms with E-state index in [9.17, 15) is 0 Å². The first-order valence-corrected chi connectivity index (χ1v) is 11.9. The van der Waals surface area contributed by atoms with E-state index in [1.165, 1.54) is 6.42 Å². The number of methoxy groups -OCH3 is 2. The lowest BCUT2D eigenvalue weighted by atomic mass is 9.74. The molecule has 4 aliphatic rings. The van der Waals surface area contributed by atoms with Crippen molar-refractivity contribution >= 4 is 0 Å². The molecule has 0 bridgehead atoms. The maximum Gasteiger partial charge on any atom is 0.0820 e. The van der Waals surface area contributed by atoms with Crippen molar-refractivity contribution in [3.05, 3.63) is 0 Å². The summed E-state index contributed by atoms with van der Waals surface area (Å²) in [6.07, 6.45) is 3.04. The van der Waals surface area contributed by atoms with Gasteiger partial charge in [0, 0.05) is 70.5 Å². The minimum Gasteiger partial charge on any atom is -0.379 e. The summed E-state index contributed by atoms with van der Waals surface area (Å²) < 4.78 is 12.1. The van der Waals surface area contributed by atoms with Crippen molar-refractivity contribution in [1.29, 1.82) is 0 Å². The molecule has 6 nitrogen and oxygen atoms in total. The molecule has 6 heteroatoms. The van der Waals surface area contributed by atoms with Crippen LogP contribution in [0.2, 0.25) is 0 Å². The molecule has 174 valence electrons. The Hall–Kier alpha value is -0.240. The lowest BCUT2D eigenvalue weighted by Gasteiger charge is -2.60. The van der Waals surface area contributed by atoms with Gasteiger partial charge in [0.05, 0.1) is 23.3 Å². The largest absolute Gasteiger partial charge is 0.379 e. The molecule has 3 atom stereocenters. The fourth-order valence-electron chi connectivity index (χ4n) is 7.02. The van der Waals surface area contributed by atoms with Crippen LogP contribution < -0.4 is 0 Å². The summed E-state index contributed by atoms with van der Waals surface area (Å²) in [6.45, 7) is 18.6. The standard InChI is InChI=1S/C24H46N4O2/c1-21(2,3)27-16-24(17-27)20(30-9)18(13-26(24)7)12-22(4,5)28-14-23(15-28)19(29-8)10-11-25(23)6/h18-20H,10-17H2,1-9H3/t18?,19-,20+/m1/s1. The number of likely N-dealkylation sites (N-methyl/N-ethyl adjacent to an activating group) is 2. The Kier molecular flexibility index (Phi) is 5.65. The highest BCUT2D eigenvalue weighted by atomic mass is 16.5. The first-order chi connectivity index (χ1) is 13.9. The maximum atomic E-state index is 6.22. The average Bonchev–Trinajstić information content (AvgIpc) is 3.03. The molecule has 4 aliphatic heterocycles. The van der Waals surface area contributed by atoms with Gasteiger partial charge in [-0.1, -0.05) is 0 Å². The van der Waals surface area contributed by atoms with Crippen molar-refractivity contribution in [2.24, 2.45) is 5.92 Å². The zero-order chi connectivity index (χ0) is 22.1. The molecule has 0 amide bonds. The summed E-state index contributed by atoms with van der Waals surface area (Å²) in [4.78, 5) is 10.4. The second kappa shape index (κ2) is 7.39. The van der Waals surface area contributed by atoms with Crippen LogP contribution >= 0.6 is 0 Å². The zero-order valence-electron chi connectivity index (χ0n) is 21.0. The summed E-state index contributed by atoms with van der Waals surface area (Å²) >= 11 is 0. The molecular weight excluding hydrogens is 376 g/mol. The third kappa shape index (κ3) is 3.29. The van der Waals surface area contributed by atoms with E-state index >= 15 is 0 Å². The van der Waals surface area contributed by atoms with E-state index in [-0.39, 0.29) is 22.2 Å². The Morgan fingerprint density at radius 3 is 1.97 bits per heavy atom. The molecule has 4 rings (SSSR count). The summed E-state index contributed by atoms with van der Waals surface area (Å²) in [7, 11) is 8.41. The fraction of sp³-hybridized carbons (Fsp3) is 1.00. The molecule has 0 N–H and O–H groups in total. The van der Waals surface area contributed by atoms with Gasteiger partial charge >= 0.3 is 0 Å². The highest BCUT2D eigenvalue weighted by molar-refractivity contribution is 5.19. The van der Waals surface area contributed by atoms with E-state index in [1.54, 1.807) is 0 Å². The Morgan fingerprint density at radius 2 is 1.43 bits per heavy atom. The van der Waals surface area contributed by atoms with E-state index < -0.39 is 0 Å². The van der Waals surface area contributed by atoms with Gasteiger partial charge in [0.25, 0.3) is 0 Å². The van der Waals surface area contributed by atoms with Crippen LogP contribution in [0.25, 0.3) is 0 Å². The van der Waals surface area contributed by atoms with Crippen LogP contribution in [0.4, 0.5) is 0 Å². The van der Waals surface area contributed by atoms with E-state index in [2.05, 4.69) is 68.3 Å². The number of ether oxygens (including phenoxy) is 2. The first kappa shape index (κ1) is 22.9. The molecular formula is C24H46N4O2. The number of rotatable bonds is 5. The summed E-state index contributed by atoms with van der Waals surface area (Å²) in [5, 5.41) is 0. The van der Waals surface area contributed by atoms with Gasteiger partial charge in [-0.15, -0.1) is 0 Å².